The fourth-order valence-corrected chi connectivity index (χ4v) is 2.60. The number of aromatic nitrogens is 1. The summed E-state index contributed by atoms with van der Waals surface area (Å²) >= 11 is 1.62. The predicted molar refractivity (Wildman–Crippen MR) is 81.1 cm³/mol. The Bertz CT molecular complexity index is 564. The van der Waals surface area contributed by atoms with Gasteiger partial charge in [-0.2, -0.15) is 0 Å². The van der Waals surface area contributed by atoms with Gasteiger partial charge >= 0.3 is 0 Å². The third-order valence-corrected chi connectivity index (χ3v) is 3.85. The van der Waals surface area contributed by atoms with E-state index < -0.39 is 0 Å². The molecular weight excluding hydrogens is 272 g/mol. The minimum Gasteiger partial charge on any atom is -0.497 e. The number of methoxy groups -OCH3 is 1. The molecule has 5 heteroatoms. The van der Waals surface area contributed by atoms with Crippen LogP contribution < -0.4 is 10.1 Å². The van der Waals surface area contributed by atoms with Gasteiger partial charge in [-0.1, -0.05) is 6.92 Å². The molecule has 4 nitrogen and oxygen atoms in total. The van der Waals surface area contributed by atoms with Crippen LogP contribution in [0, 0.1) is 0 Å². The Kier molecular flexibility index (Phi) is 5.12. The molecular formula is C15H18N2O2S. The Morgan fingerprint density at radius 3 is 2.75 bits per heavy atom. The molecule has 1 heterocycles. The molecule has 1 aromatic carbocycles. The maximum Gasteiger partial charge on any atom is 0.219 e. The Balaban J connectivity index is 1.95. The van der Waals surface area contributed by atoms with E-state index in [1.54, 1.807) is 18.4 Å². The van der Waals surface area contributed by atoms with Gasteiger partial charge in [-0.3, -0.25) is 4.79 Å². The van der Waals surface area contributed by atoms with Gasteiger partial charge in [0.1, 0.15) is 10.8 Å². The van der Waals surface area contributed by atoms with E-state index in [1.165, 1.54) is 0 Å². The first-order valence-corrected chi connectivity index (χ1v) is 7.46. The summed E-state index contributed by atoms with van der Waals surface area (Å²) in [5.41, 5.74) is 2.09. The van der Waals surface area contributed by atoms with Gasteiger partial charge in [-0.15, -0.1) is 11.3 Å². The standard InChI is InChI=1S/C15H18N2O2S/c1-3-14(18)16-9-8-12-10-20-15(17-12)11-4-6-13(19-2)7-5-11/h4-7,10H,3,8-9H2,1-2H3,(H,16,18). The molecule has 1 aromatic heterocycles. The number of rotatable bonds is 6. The molecule has 2 rings (SSSR count). The van der Waals surface area contributed by atoms with E-state index in [4.69, 9.17) is 4.74 Å². The van der Waals surface area contributed by atoms with Crippen molar-refractivity contribution in [1.29, 1.82) is 0 Å². The van der Waals surface area contributed by atoms with Crippen molar-refractivity contribution in [3.05, 3.63) is 35.3 Å². The maximum atomic E-state index is 11.1. The van der Waals surface area contributed by atoms with Crippen molar-refractivity contribution in [3.63, 3.8) is 0 Å². The number of amides is 1. The lowest BCUT2D eigenvalue weighted by Crippen LogP contribution is -2.24. The van der Waals surface area contributed by atoms with Crippen molar-refractivity contribution in [2.75, 3.05) is 13.7 Å². The molecule has 0 atom stereocenters. The number of carbonyl (C=O) groups excluding carboxylic acids is 1. The fraction of sp³-hybridized carbons (Fsp3) is 0.333. The molecule has 0 spiro atoms. The van der Waals surface area contributed by atoms with Gasteiger partial charge in [0.25, 0.3) is 0 Å². The molecule has 0 aliphatic rings. The van der Waals surface area contributed by atoms with Crippen molar-refractivity contribution < 1.29 is 9.53 Å². The average molecular weight is 290 g/mol. The van der Waals surface area contributed by atoms with Crippen LogP contribution in [0.1, 0.15) is 19.0 Å². The molecule has 1 N–H and O–H groups in total. The maximum absolute atomic E-state index is 11.1. The van der Waals surface area contributed by atoms with Crippen LogP contribution >= 0.6 is 11.3 Å². The molecule has 2 aromatic rings. The van der Waals surface area contributed by atoms with Crippen LogP contribution in [-0.2, 0) is 11.2 Å². The van der Waals surface area contributed by atoms with Crippen molar-refractivity contribution in [1.82, 2.24) is 10.3 Å². The monoisotopic (exact) mass is 290 g/mol. The van der Waals surface area contributed by atoms with Crippen LogP contribution in [0.4, 0.5) is 0 Å². The normalized spacial score (nSPS) is 10.3. The van der Waals surface area contributed by atoms with Crippen LogP contribution in [0.5, 0.6) is 5.75 Å². The van der Waals surface area contributed by atoms with Gasteiger partial charge in [0.2, 0.25) is 5.91 Å². The molecule has 106 valence electrons. The molecule has 0 aliphatic heterocycles. The molecule has 0 saturated heterocycles. The zero-order valence-electron chi connectivity index (χ0n) is 11.7. The third kappa shape index (κ3) is 3.81. The molecule has 0 saturated carbocycles. The van der Waals surface area contributed by atoms with Crippen LogP contribution in [0.2, 0.25) is 0 Å². The van der Waals surface area contributed by atoms with E-state index in [0.29, 0.717) is 13.0 Å². The Morgan fingerprint density at radius 1 is 1.35 bits per heavy atom. The van der Waals surface area contributed by atoms with Gasteiger partial charge in [0, 0.05) is 30.3 Å². The SMILES string of the molecule is CCC(=O)NCCc1csc(-c2ccc(OC)cc2)n1. The van der Waals surface area contributed by atoms with Gasteiger partial charge in [-0.25, -0.2) is 4.98 Å². The molecule has 20 heavy (non-hydrogen) atoms. The van der Waals surface area contributed by atoms with Crippen LogP contribution in [0.15, 0.2) is 29.6 Å². The molecule has 0 unspecified atom stereocenters. The third-order valence-electron chi connectivity index (χ3n) is 2.91. The van der Waals surface area contributed by atoms with Crippen molar-refractivity contribution in [3.8, 4) is 16.3 Å². The Morgan fingerprint density at radius 2 is 2.10 bits per heavy atom. The quantitative estimate of drug-likeness (QED) is 0.890. The Labute approximate surface area is 122 Å². The second-order valence-electron chi connectivity index (χ2n) is 4.33. The molecule has 0 radical (unpaired) electrons. The second kappa shape index (κ2) is 7.05. The number of nitrogens with one attached hydrogen (secondary N) is 1. The summed E-state index contributed by atoms with van der Waals surface area (Å²) in [4.78, 5) is 15.7. The fourth-order valence-electron chi connectivity index (χ4n) is 1.74. The number of benzene rings is 1. The first kappa shape index (κ1) is 14.5. The van der Waals surface area contributed by atoms with Gasteiger partial charge < -0.3 is 10.1 Å². The van der Waals surface area contributed by atoms with Crippen LogP contribution in [0.25, 0.3) is 10.6 Å². The zero-order valence-corrected chi connectivity index (χ0v) is 12.5. The lowest BCUT2D eigenvalue weighted by Gasteiger charge is -2.01. The summed E-state index contributed by atoms with van der Waals surface area (Å²) in [6, 6.07) is 7.86. The minimum absolute atomic E-state index is 0.0793. The highest BCUT2D eigenvalue weighted by atomic mass is 32.1. The highest BCUT2D eigenvalue weighted by Gasteiger charge is 2.05. The van der Waals surface area contributed by atoms with Crippen LogP contribution in [-0.4, -0.2) is 24.5 Å². The van der Waals surface area contributed by atoms with Crippen molar-refractivity contribution in [2.24, 2.45) is 0 Å². The molecule has 0 aliphatic carbocycles. The topological polar surface area (TPSA) is 51.2 Å². The van der Waals surface area contributed by atoms with E-state index in [1.807, 2.05) is 36.6 Å². The lowest BCUT2D eigenvalue weighted by atomic mass is 10.2. The van der Waals surface area contributed by atoms with E-state index in [-0.39, 0.29) is 5.91 Å². The minimum atomic E-state index is 0.0793. The van der Waals surface area contributed by atoms with Crippen molar-refractivity contribution >= 4 is 17.2 Å². The first-order valence-electron chi connectivity index (χ1n) is 6.58. The zero-order chi connectivity index (χ0) is 14.4. The highest BCUT2D eigenvalue weighted by molar-refractivity contribution is 7.13. The van der Waals surface area contributed by atoms with Gasteiger partial charge in [0.05, 0.1) is 12.8 Å². The van der Waals surface area contributed by atoms with Gasteiger partial charge in [-0.05, 0) is 24.3 Å². The van der Waals surface area contributed by atoms with E-state index in [2.05, 4.69) is 10.3 Å². The average Bonchev–Trinajstić information content (AvgIpc) is 2.96. The van der Waals surface area contributed by atoms with Crippen molar-refractivity contribution in [2.45, 2.75) is 19.8 Å². The van der Waals surface area contributed by atoms with E-state index >= 15 is 0 Å². The number of hydrogen-bond acceptors (Lipinski definition) is 4. The molecule has 0 bridgehead atoms. The van der Waals surface area contributed by atoms with Crippen LogP contribution in [0.3, 0.4) is 0 Å². The summed E-state index contributed by atoms with van der Waals surface area (Å²) < 4.78 is 5.14. The summed E-state index contributed by atoms with van der Waals surface area (Å²) in [5.74, 6) is 0.920. The number of thiazole rings is 1. The number of hydrogen-bond donors (Lipinski definition) is 1. The van der Waals surface area contributed by atoms with E-state index in [9.17, 15) is 4.79 Å². The summed E-state index contributed by atoms with van der Waals surface area (Å²) in [5, 5.41) is 5.88. The van der Waals surface area contributed by atoms with Gasteiger partial charge in [0.15, 0.2) is 0 Å². The predicted octanol–water partition coefficient (Wildman–Crippen LogP) is 2.89. The first-order chi connectivity index (χ1) is 9.72. The second-order valence-corrected chi connectivity index (χ2v) is 5.18. The van der Waals surface area contributed by atoms with E-state index in [0.717, 1.165) is 28.4 Å². The molecule has 0 fully saturated rings. The largest absolute Gasteiger partial charge is 0.497 e. The lowest BCUT2D eigenvalue weighted by molar-refractivity contribution is -0.120. The summed E-state index contributed by atoms with van der Waals surface area (Å²) in [6.07, 6.45) is 1.28. The Hall–Kier alpha value is -1.88. The number of ether oxygens (including phenoxy) is 1. The number of carbonyl (C=O) groups is 1. The summed E-state index contributed by atoms with van der Waals surface area (Å²) in [6.45, 7) is 2.48. The highest BCUT2D eigenvalue weighted by Crippen LogP contribution is 2.25. The smallest absolute Gasteiger partial charge is 0.219 e. The summed E-state index contributed by atoms with van der Waals surface area (Å²) in [7, 11) is 1.65. The number of nitrogens with zero attached hydrogens (tertiary/aromatic N) is 1. The molecule has 1 amide bonds.